The molecule has 3 rings (SSSR count). The first kappa shape index (κ1) is 13.4. The summed E-state index contributed by atoms with van der Waals surface area (Å²) in [7, 11) is 0. The number of halogens is 1. The first-order valence-electron chi connectivity index (χ1n) is 6.77. The summed E-state index contributed by atoms with van der Waals surface area (Å²) < 4.78 is 13.5. The smallest absolute Gasteiger partial charge is 0.123 e. The minimum absolute atomic E-state index is 0.145. The maximum Gasteiger partial charge on any atom is 0.123 e. The molecule has 2 aromatic carbocycles. The fraction of sp³-hybridized carbons (Fsp3) is 0.222. The normalized spacial score (nSPS) is 13.8. The second kappa shape index (κ2) is 5.45. The summed E-state index contributed by atoms with van der Waals surface area (Å²) >= 11 is 1.75. The molecule has 0 atom stereocenters. The van der Waals surface area contributed by atoms with Gasteiger partial charge in [0.2, 0.25) is 0 Å². The minimum atomic E-state index is -0.145. The van der Waals surface area contributed by atoms with E-state index in [4.69, 9.17) is 0 Å². The Morgan fingerprint density at radius 2 is 1.85 bits per heavy atom. The third-order valence-electron chi connectivity index (χ3n) is 3.91. The number of benzene rings is 2. The molecule has 0 nitrogen and oxygen atoms in total. The van der Waals surface area contributed by atoms with Crippen LogP contribution in [0.25, 0.3) is 5.57 Å². The third kappa shape index (κ3) is 2.53. The van der Waals surface area contributed by atoms with E-state index in [1.165, 1.54) is 27.2 Å². The van der Waals surface area contributed by atoms with E-state index in [0.717, 1.165) is 18.4 Å². The molecule has 0 fully saturated rings. The highest BCUT2D eigenvalue weighted by atomic mass is 32.2. The van der Waals surface area contributed by atoms with Crippen molar-refractivity contribution in [1.82, 2.24) is 0 Å². The van der Waals surface area contributed by atoms with Crippen molar-refractivity contribution in [3.63, 3.8) is 0 Å². The van der Waals surface area contributed by atoms with Gasteiger partial charge in [0.1, 0.15) is 5.82 Å². The van der Waals surface area contributed by atoms with Crippen LogP contribution >= 0.6 is 11.8 Å². The standard InChI is InChI=1S/C18H17FS/c1-12-9-14-5-6-15(19)11-18(14)17(12)10-13-3-7-16(20-2)8-4-13/h3-8,11H,9-10H2,1-2H3. The molecule has 0 aliphatic heterocycles. The van der Waals surface area contributed by atoms with Crippen LogP contribution in [0.4, 0.5) is 4.39 Å². The van der Waals surface area contributed by atoms with Crippen LogP contribution < -0.4 is 0 Å². The van der Waals surface area contributed by atoms with E-state index in [1.54, 1.807) is 23.9 Å². The van der Waals surface area contributed by atoms with Crippen LogP contribution in [0.1, 0.15) is 23.6 Å². The van der Waals surface area contributed by atoms with E-state index in [9.17, 15) is 4.39 Å². The highest BCUT2D eigenvalue weighted by molar-refractivity contribution is 7.98. The van der Waals surface area contributed by atoms with Crippen molar-refractivity contribution in [2.45, 2.75) is 24.7 Å². The number of allylic oxidation sites excluding steroid dienone is 2. The molecule has 0 radical (unpaired) electrons. The van der Waals surface area contributed by atoms with Crippen LogP contribution in [0.3, 0.4) is 0 Å². The fourth-order valence-electron chi connectivity index (χ4n) is 2.80. The van der Waals surface area contributed by atoms with Gasteiger partial charge in [0.05, 0.1) is 0 Å². The summed E-state index contributed by atoms with van der Waals surface area (Å²) in [5, 5.41) is 0. The Hall–Kier alpha value is -1.54. The molecule has 0 bridgehead atoms. The zero-order valence-electron chi connectivity index (χ0n) is 11.7. The van der Waals surface area contributed by atoms with Crippen LogP contribution in [0.5, 0.6) is 0 Å². The van der Waals surface area contributed by atoms with E-state index in [2.05, 4.69) is 37.4 Å². The van der Waals surface area contributed by atoms with Crippen molar-refractivity contribution in [2.75, 3.05) is 6.26 Å². The van der Waals surface area contributed by atoms with Gasteiger partial charge in [-0.25, -0.2) is 4.39 Å². The molecule has 0 saturated carbocycles. The lowest BCUT2D eigenvalue weighted by molar-refractivity contribution is 0.627. The van der Waals surface area contributed by atoms with Crippen molar-refractivity contribution < 1.29 is 4.39 Å². The molecule has 0 unspecified atom stereocenters. The molecule has 2 aromatic rings. The Morgan fingerprint density at radius 3 is 2.55 bits per heavy atom. The highest BCUT2D eigenvalue weighted by Gasteiger charge is 2.19. The molecule has 0 heterocycles. The molecule has 2 heteroatoms. The van der Waals surface area contributed by atoms with Crippen molar-refractivity contribution in [2.24, 2.45) is 0 Å². The largest absolute Gasteiger partial charge is 0.207 e. The van der Waals surface area contributed by atoms with E-state index in [-0.39, 0.29) is 5.82 Å². The highest BCUT2D eigenvalue weighted by Crippen LogP contribution is 2.35. The number of thioether (sulfide) groups is 1. The SMILES string of the molecule is CSc1ccc(CC2=C(C)Cc3ccc(F)cc32)cc1. The van der Waals surface area contributed by atoms with Gasteiger partial charge in [0, 0.05) is 4.90 Å². The molecule has 1 aliphatic rings. The first-order valence-corrected chi connectivity index (χ1v) is 8.00. The Bertz CT molecular complexity index is 668. The van der Waals surface area contributed by atoms with Crippen molar-refractivity contribution in [3.05, 3.63) is 70.5 Å². The summed E-state index contributed by atoms with van der Waals surface area (Å²) in [5.41, 5.74) is 6.28. The van der Waals surface area contributed by atoms with Crippen molar-refractivity contribution >= 4 is 17.3 Å². The van der Waals surface area contributed by atoms with Gasteiger partial charge in [-0.2, -0.15) is 0 Å². The molecule has 20 heavy (non-hydrogen) atoms. The van der Waals surface area contributed by atoms with Crippen LogP contribution in [0.2, 0.25) is 0 Å². The molecule has 0 aromatic heterocycles. The number of hydrogen-bond donors (Lipinski definition) is 0. The predicted molar refractivity (Wildman–Crippen MR) is 84.6 cm³/mol. The lowest BCUT2D eigenvalue weighted by Crippen LogP contribution is -1.92. The molecular formula is C18H17FS. The Morgan fingerprint density at radius 1 is 1.10 bits per heavy atom. The molecule has 0 spiro atoms. The summed E-state index contributed by atoms with van der Waals surface area (Å²) in [4.78, 5) is 1.28. The van der Waals surface area contributed by atoms with Gasteiger partial charge in [-0.05, 0) is 72.6 Å². The predicted octanol–water partition coefficient (Wildman–Crippen LogP) is 5.12. The summed E-state index contributed by atoms with van der Waals surface area (Å²) in [6.07, 6.45) is 3.92. The Balaban J connectivity index is 1.91. The average Bonchev–Trinajstić information content (AvgIpc) is 2.76. The fourth-order valence-corrected chi connectivity index (χ4v) is 3.21. The monoisotopic (exact) mass is 284 g/mol. The van der Waals surface area contributed by atoms with Crippen molar-refractivity contribution in [1.29, 1.82) is 0 Å². The van der Waals surface area contributed by atoms with Crippen LogP contribution in [0, 0.1) is 5.82 Å². The van der Waals surface area contributed by atoms with E-state index < -0.39 is 0 Å². The maximum atomic E-state index is 13.5. The lowest BCUT2D eigenvalue weighted by Gasteiger charge is -2.08. The second-order valence-corrected chi connectivity index (χ2v) is 6.14. The maximum absolute atomic E-state index is 13.5. The van der Waals surface area contributed by atoms with Gasteiger partial charge in [0.25, 0.3) is 0 Å². The Kier molecular flexibility index (Phi) is 3.66. The number of hydrogen-bond acceptors (Lipinski definition) is 1. The van der Waals surface area contributed by atoms with Gasteiger partial charge < -0.3 is 0 Å². The molecule has 1 aliphatic carbocycles. The van der Waals surface area contributed by atoms with Gasteiger partial charge >= 0.3 is 0 Å². The molecule has 0 saturated heterocycles. The lowest BCUT2D eigenvalue weighted by atomic mass is 9.98. The zero-order valence-corrected chi connectivity index (χ0v) is 12.6. The van der Waals surface area contributed by atoms with Gasteiger partial charge in [-0.15, -0.1) is 11.8 Å². The van der Waals surface area contributed by atoms with Crippen LogP contribution in [-0.2, 0) is 12.8 Å². The topological polar surface area (TPSA) is 0 Å². The third-order valence-corrected chi connectivity index (χ3v) is 4.65. The van der Waals surface area contributed by atoms with E-state index in [0.29, 0.717) is 0 Å². The summed E-state index contributed by atoms with van der Waals surface area (Å²) in [6, 6.07) is 13.8. The molecular weight excluding hydrogens is 267 g/mol. The quantitative estimate of drug-likeness (QED) is 0.705. The average molecular weight is 284 g/mol. The zero-order chi connectivity index (χ0) is 14.1. The molecule has 0 amide bonds. The first-order chi connectivity index (χ1) is 9.67. The van der Waals surface area contributed by atoms with Gasteiger partial charge in [-0.1, -0.05) is 23.8 Å². The number of fused-ring (bicyclic) bond motifs is 1. The van der Waals surface area contributed by atoms with E-state index in [1.807, 2.05) is 6.07 Å². The van der Waals surface area contributed by atoms with Crippen molar-refractivity contribution in [3.8, 4) is 0 Å². The van der Waals surface area contributed by atoms with Gasteiger partial charge in [0.15, 0.2) is 0 Å². The second-order valence-electron chi connectivity index (χ2n) is 5.26. The Labute approximate surface area is 123 Å². The van der Waals surface area contributed by atoms with Crippen LogP contribution in [-0.4, -0.2) is 6.26 Å². The molecule has 102 valence electrons. The summed E-state index contributed by atoms with van der Waals surface area (Å²) in [5.74, 6) is -0.145. The van der Waals surface area contributed by atoms with Crippen LogP contribution in [0.15, 0.2) is 52.9 Å². The van der Waals surface area contributed by atoms with Gasteiger partial charge in [-0.3, -0.25) is 0 Å². The minimum Gasteiger partial charge on any atom is -0.207 e. The van der Waals surface area contributed by atoms with E-state index >= 15 is 0 Å². The molecule has 0 N–H and O–H groups in total. The number of rotatable bonds is 3. The summed E-state index contributed by atoms with van der Waals surface area (Å²) in [6.45, 7) is 2.16.